The Hall–Kier alpha value is -2.73. The summed E-state index contributed by atoms with van der Waals surface area (Å²) in [7, 11) is 0. The molecule has 1 aromatic heterocycles. The van der Waals surface area contributed by atoms with E-state index in [9.17, 15) is 4.79 Å². The zero-order chi connectivity index (χ0) is 23.9. The molecule has 1 amide bonds. The minimum absolute atomic E-state index is 0.234. The molecule has 0 saturated heterocycles. The predicted molar refractivity (Wildman–Crippen MR) is 134 cm³/mol. The van der Waals surface area contributed by atoms with Gasteiger partial charge >= 0.3 is 0 Å². The molecule has 0 bridgehead atoms. The van der Waals surface area contributed by atoms with Crippen molar-refractivity contribution >= 4 is 57.5 Å². The SMILES string of the molecule is Cc1ccc(-c2nc3cc(NC(=O)COc4c(Cl)c(C)c(Cl)c(C)c4Cl)ccc3o2)cc1C. The number of aromatic nitrogens is 1. The number of oxazole rings is 1. The van der Waals surface area contributed by atoms with Gasteiger partial charge in [0.1, 0.15) is 5.52 Å². The van der Waals surface area contributed by atoms with E-state index in [-0.39, 0.29) is 28.3 Å². The molecule has 0 radical (unpaired) electrons. The lowest BCUT2D eigenvalue weighted by Gasteiger charge is -2.15. The van der Waals surface area contributed by atoms with Crippen molar-refractivity contribution in [2.75, 3.05) is 11.9 Å². The van der Waals surface area contributed by atoms with E-state index in [1.54, 1.807) is 32.0 Å². The van der Waals surface area contributed by atoms with Crippen molar-refractivity contribution < 1.29 is 13.9 Å². The molecule has 4 aromatic rings. The van der Waals surface area contributed by atoms with Gasteiger partial charge in [0.15, 0.2) is 17.9 Å². The summed E-state index contributed by atoms with van der Waals surface area (Å²) in [6.45, 7) is 7.36. The number of rotatable bonds is 5. The van der Waals surface area contributed by atoms with Crippen LogP contribution in [0, 0.1) is 27.7 Å². The smallest absolute Gasteiger partial charge is 0.262 e. The normalized spacial score (nSPS) is 11.1. The number of carbonyl (C=O) groups is 1. The first-order valence-electron chi connectivity index (χ1n) is 10.2. The summed E-state index contributed by atoms with van der Waals surface area (Å²) < 4.78 is 11.5. The van der Waals surface area contributed by atoms with Crippen LogP contribution in [0.3, 0.4) is 0 Å². The topological polar surface area (TPSA) is 64.4 Å². The number of anilines is 1. The molecule has 170 valence electrons. The molecule has 8 heteroatoms. The highest BCUT2D eigenvalue weighted by molar-refractivity contribution is 6.42. The van der Waals surface area contributed by atoms with E-state index in [0.29, 0.717) is 38.8 Å². The second kappa shape index (κ2) is 9.26. The van der Waals surface area contributed by atoms with Gasteiger partial charge in [0, 0.05) is 16.3 Å². The molecule has 0 fully saturated rings. The van der Waals surface area contributed by atoms with Crippen molar-refractivity contribution in [1.29, 1.82) is 0 Å². The Labute approximate surface area is 206 Å². The molecule has 0 saturated carbocycles. The summed E-state index contributed by atoms with van der Waals surface area (Å²) in [4.78, 5) is 17.1. The molecule has 4 rings (SSSR count). The van der Waals surface area contributed by atoms with Crippen LogP contribution in [0.15, 0.2) is 40.8 Å². The third kappa shape index (κ3) is 4.67. The van der Waals surface area contributed by atoms with Crippen LogP contribution in [0.4, 0.5) is 5.69 Å². The van der Waals surface area contributed by atoms with E-state index in [4.69, 9.17) is 44.0 Å². The fraction of sp³-hybridized carbons (Fsp3) is 0.200. The Morgan fingerprint density at radius 3 is 2.30 bits per heavy atom. The predicted octanol–water partition coefficient (Wildman–Crippen LogP) is 7.71. The van der Waals surface area contributed by atoms with Crippen LogP contribution in [-0.4, -0.2) is 17.5 Å². The molecule has 0 spiro atoms. The average Bonchev–Trinajstić information content (AvgIpc) is 3.21. The Balaban J connectivity index is 1.49. The van der Waals surface area contributed by atoms with Crippen molar-refractivity contribution in [3.8, 4) is 17.2 Å². The van der Waals surface area contributed by atoms with Gasteiger partial charge in [0.2, 0.25) is 5.89 Å². The lowest BCUT2D eigenvalue weighted by atomic mass is 10.1. The number of aryl methyl sites for hydroxylation is 2. The highest BCUT2D eigenvalue weighted by Crippen LogP contribution is 2.42. The van der Waals surface area contributed by atoms with Crippen LogP contribution in [0.5, 0.6) is 5.75 Å². The lowest BCUT2D eigenvalue weighted by Crippen LogP contribution is -2.20. The van der Waals surface area contributed by atoms with Crippen LogP contribution in [0.25, 0.3) is 22.6 Å². The fourth-order valence-corrected chi connectivity index (χ4v) is 4.20. The summed E-state index contributed by atoms with van der Waals surface area (Å²) in [5.74, 6) is 0.389. The number of hydrogen-bond donors (Lipinski definition) is 1. The maximum absolute atomic E-state index is 12.5. The highest BCUT2D eigenvalue weighted by Gasteiger charge is 2.19. The third-order valence-electron chi connectivity index (χ3n) is 5.49. The molecular formula is C25H21Cl3N2O3. The van der Waals surface area contributed by atoms with Gasteiger partial charge in [-0.3, -0.25) is 4.79 Å². The average molecular weight is 504 g/mol. The van der Waals surface area contributed by atoms with Crippen LogP contribution in [-0.2, 0) is 4.79 Å². The molecule has 3 aromatic carbocycles. The number of fused-ring (bicyclic) bond motifs is 1. The number of nitrogens with one attached hydrogen (secondary N) is 1. The number of ether oxygens (including phenoxy) is 1. The van der Waals surface area contributed by atoms with E-state index >= 15 is 0 Å². The maximum atomic E-state index is 12.5. The number of amides is 1. The third-order valence-corrected chi connectivity index (χ3v) is 6.97. The first-order chi connectivity index (χ1) is 15.7. The van der Waals surface area contributed by atoms with E-state index in [0.717, 1.165) is 11.1 Å². The van der Waals surface area contributed by atoms with Crippen LogP contribution >= 0.6 is 34.8 Å². The Morgan fingerprint density at radius 1 is 0.939 bits per heavy atom. The number of benzene rings is 3. The minimum atomic E-state index is -0.371. The first-order valence-corrected chi connectivity index (χ1v) is 11.3. The van der Waals surface area contributed by atoms with Crippen molar-refractivity contribution in [3.63, 3.8) is 0 Å². The van der Waals surface area contributed by atoms with Gasteiger partial charge in [-0.15, -0.1) is 0 Å². The van der Waals surface area contributed by atoms with Crippen LogP contribution in [0.2, 0.25) is 15.1 Å². The van der Waals surface area contributed by atoms with Gasteiger partial charge < -0.3 is 14.5 Å². The van der Waals surface area contributed by atoms with E-state index in [1.807, 2.05) is 25.1 Å². The molecular weight excluding hydrogens is 483 g/mol. The van der Waals surface area contributed by atoms with Crippen molar-refractivity contribution in [2.24, 2.45) is 0 Å². The highest BCUT2D eigenvalue weighted by atomic mass is 35.5. The minimum Gasteiger partial charge on any atom is -0.481 e. The molecule has 0 aliphatic heterocycles. The molecule has 1 heterocycles. The summed E-state index contributed by atoms with van der Waals surface area (Å²) >= 11 is 18.8. The number of hydrogen-bond acceptors (Lipinski definition) is 4. The van der Waals surface area contributed by atoms with E-state index in [1.165, 1.54) is 5.56 Å². The van der Waals surface area contributed by atoms with Gasteiger partial charge in [0.05, 0.1) is 10.0 Å². The molecule has 0 aliphatic rings. The summed E-state index contributed by atoms with van der Waals surface area (Å²) in [6, 6.07) is 11.3. The summed E-state index contributed by atoms with van der Waals surface area (Å²) in [6.07, 6.45) is 0. The number of nitrogens with zero attached hydrogens (tertiary/aromatic N) is 1. The Kier molecular flexibility index (Phi) is 6.57. The van der Waals surface area contributed by atoms with E-state index in [2.05, 4.69) is 17.2 Å². The van der Waals surface area contributed by atoms with Crippen LogP contribution in [0.1, 0.15) is 22.3 Å². The second-order valence-corrected chi connectivity index (χ2v) is 8.99. The van der Waals surface area contributed by atoms with Crippen molar-refractivity contribution in [3.05, 3.63) is 73.7 Å². The van der Waals surface area contributed by atoms with E-state index < -0.39 is 0 Å². The van der Waals surface area contributed by atoms with Crippen molar-refractivity contribution in [2.45, 2.75) is 27.7 Å². The summed E-state index contributed by atoms with van der Waals surface area (Å²) in [5.41, 5.74) is 6.38. The fourth-order valence-electron chi connectivity index (χ4n) is 3.38. The monoisotopic (exact) mass is 502 g/mol. The van der Waals surface area contributed by atoms with Crippen molar-refractivity contribution in [1.82, 2.24) is 4.98 Å². The van der Waals surface area contributed by atoms with Gasteiger partial charge in [-0.1, -0.05) is 40.9 Å². The van der Waals surface area contributed by atoms with Gasteiger partial charge in [-0.2, -0.15) is 0 Å². The van der Waals surface area contributed by atoms with Gasteiger partial charge in [0.25, 0.3) is 5.91 Å². The molecule has 33 heavy (non-hydrogen) atoms. The molecule has 1 N–H and O–H groups in total. The molecule has 0 aliphatic carbocycles. The van der Waals surface area contributed by atoms with Gasteiger partial charge in [-0.05, 0) is 80.3 Å². The number of carbonyl (C=O) groups excluding carboxylic acids is 1. The van der Waals surface area contributed by atoms with Crippen LogP contribution < -0.4 is 10.1 Å². The first kappa shape index (κ1) is 23.4. The quantitative estimate of drug-likeness (QED) is 0.303. The lowest BCUT2D eigenvalue weighted by molar-refractivity contribution is -0.118. The summed E-state index contributed by atoms with van der Waals surface area (Å²) in [5, 5.41) is 3.83. The largest absolute Gasteiger partial charge is 0.481 e. The molecule has 0 atom stereocenters. The zero-order valence-corrected chi connectivity index (χ0v) is 20.7. The second-order valence-electron chi connectivity index (χ2n) is 7.86. The molecule has 5 nitrogen and oxygen atoms in total. The Bertz CT molecular complexity index is 1370. The number of halogens is 3. The zero-order valence-electron chi connectivity index (χ0n) is 18.5. The maximum Gasteiger partial charge on any atom is 0.262 e. The Morgan fingerprint density at radius 2 is 1.64 bits per heavy atom. The van der Waals surface area contributed by atoms with Gasteiger partial charge in [-0.25, -0.2) is 4.98 Å². The molecule has 0 unspecified atom stereocenters. The standard InChI is InChI=1S/C25H21Cl3N2O3/c1-12-5-6-16(9-13(12)2)25-30-18-10-17(7-8-19(18)33-25)29-20(31)11-32-24-22(27)14(3)21(26)15(4)23(24)28/h5-10H,11H2,1-4H3,(H,29,31).